The molecule has 0 bridgehead atoms. The van der Waals surface area contributed by atoms with Crippen molar-refractivity contribution >= 4 is 0 Å². The minimum atomic E-state index is 0.440. The molecule has 108 valence electrons. The maximum absolute atomic E-state index is 6.01. The zero-order valence-electron chi connectivity index (χ0n) is 12.4. The Morgan fingerprint density at radius 3 is 2.63 bits per heavy atom. The number of nitrogens with zero attached hydrogens (tertiary/aromatic N) is 3. The molecule has 1 aliphatic rings. The van der Waals surface area contributed by atoms with Gasteiger partial charge in [-0.15, -0.1) is 0 Å². The lowest BCUT2D eigenvalue weighted by Gasteiger charge is -2.36. The van der Waals surface area contributed by atoms with E-state index in [1.807, 2.05) is 6.20 Å². The fourth-order valence-electron chi connectivity index (χ4n) is 3.11. The Balaban J connectivity index is 1.87. The first-order chi connectivity index (χ1) is 9.20. The van der Waals surface area contributed by atoms with Gasteiger partial charge in [-0.3, -0.25) is 4.90 Å². The third kappa shape index (κ3) is 4.05. The summed E-state index contributed by atoms with van der Waals surface area (Å²) in [5, 5.41) is 0. The van der Waals surface area contributed by atoms with Gasteiger partial charge in [-0.25, -0.2) is 4.98 Å². The van der Waals surface area contributed by atoms with E-state index >= 15 is 0 Å². The number of hydrogen-bond acceptors (Lipinski definition) is 3. The molecule has 0 spiro atoms. The summed E-state index contributed by atoms with van der Waals surface area (Å²) in [5.74, 6) is 1.11. The molecular weight excluding hydrogens is 236 g/mol. The summed E-state index contributed by atoms with van der Waals surface area (Å²) < 4.78 is 2.25. The third-order valence-electron chi connectivity index (χ3n) is 4.32. The Bertz CT molecular complexity index is 366. The predicted octanol–water partition coefficient (Wildman–Crippen LogP) is 2.17. The highest BCUT2D eigenvalue weighted by Crippen LogP contribution is 2.22. The van der Waals surface area contributed by atoms with E-state index in [0.29, 0.717) is 6.04 Å². The van der Waals surface area contributed by atoms with Gasteiger partial charge in [0.25, 0.3) is 0 Å². The van der Waals surface area contributed by atoms with Gasteiger partial charge in [0.2, 0.25) is 0 Å². The molecule has 0 atom stereocenters. The van der Waals surface area contributed by atoms with Crippen molar-refractivity contribution in [2.75, 3.05) is 13.1 Å². The van der Waals surface area contributed by atoms with Crippen molar-refractivity contribution in [3.8, 4) is 0 Å². The SMILES string of the molecule is CCCN(CCn1ccnc1C)C1CCC(N)CC1. The maximum atomic E-state index is 6.01. The molecule has 1 aromatic rings. The van der Waals surface area contributed by atoms with Crippen LogP contribution in [0.2, 0.25) is 0 Å². The van der Waals surface area contributed by atoms with Gasteiger partial charge < -0.3 is 10.3 Å². The second-order valence-electron chi connectivity index (χ2n) is 5.77. The topological polar surface area (TPSA) is 47.1 Å². The van der Waals surface area contributed by atoms with Gasteiger partial charge >= 0.3 is 0 Å². The summed E-state index contributed by atoms with van der Waals surface area (Å²) in [4.78, 5) is 6.95. The quantitative estimate of drug-likeness (QED) is 0.856. The molecule has 0 unspecified atom stereocenters. The summed E-state index contributed by atoms with van der Waals surface area (Å²) in [6.07, 6.45) is 10.1. The van der Waals surface area contributed by atoms with Gasteiger partial charge in [-0.1, -0.05) is 6.92 Å². The number of rotatable bonds is 6. The lowest BCUT2D eigenvalue weighted by Crippen LogP contribution is -2.42. The average molecular weight is 264 g/mol. The van der Waals surface area contributed by atoms with Crippen LogP contribution < -0.4 is 5.73 Å². The van der Waals surface area contributed by atoms with Gasteiger partial charge in [-0.2, -0.15) is 0 Å². The standard InChI is InChI=1S/C15H28N4/c1-3-9-19(15-6-4-14(16)5-7-15)12-11-18-10-8-17-13(18)2/h8,10,14-15H,3-7,9,11-12,16H2,1-2H3. The van der Waals surface area contributed by atoms with Crippen molar-refractivity contribution in [1.82, 2.24) is 14.5 Å². The molecule has 1 heterocycles. The molecule has 1 aromatic heterocycles. The largest absolute Gasteiger partial charge is 0.334 e. The maximum Gasteiger partial charge on any atom is 0.105 e. The first-order valence-electron chi connectivity index (χ1n) is 7.68. The van der Waals surface area contributed by atoms with Crippen LogP contribution in [0.15, 0.2) is 12.4 Å². The average Bonchev–Trinajstić information content (AvgIpc) is 2.81. The molecule has 4 nitrogen and oxygen atoms in total. The smallest absolute Gasteiger partial charge is 0.105 e. The van der Waals surface area contributed by atoms with Crippen LogP contribution in [-0.4, -0.2) is 39.6 Å². The van der Waals surface area contributed by atoms with Crippen molar-refractivity contribution in [2.45, 2.75) is 64.6 Å². The monoisotopic (exact) mass is 264 g/mol. The van der Waals surface area contributed by atoms with E-state index in [1.54, 1.807) is 0 Å². The van der Waals surface area contributed by atoms with Crippen LogP contribution in [0.1, 0.15) is 44.9 Å². The summed E-state index contributed by atoms with van der Waals surface area (Å²) in [5.41, 5.74) is 6.01. The van der Waals surface area contributed by atoms with Crippen LogP contribution in [0.3, 0.4) is 0 Å². The van der Waals surface area contributed by atoms with Crippen molar-refractivity contribution in [1.29, 1.82) is 0 Å². The van der Waals surface area contributed by atoms with Crippen LogP contribution in [0.25, 0.3) is 0 Å². The Kier molecular flexibility index (Phi) is 5.40. The zero-order valence-corrected chi connectivity index (χ0v) is 12.4. The molecule has 0 radical (unpaired) electrons. The molecule has 2 rings (SSSR count). The molecule has 1 aliphatic carbocycles. The summed E-state index contributed by atoms with van der Waals surface area (Å²) in [6, 6.07) is 1.18. The van der Waals surface area contributed by atoms with E-state index in [9.17, 15) is 0 Å². The molecule has 0 aliphatic heterocycles. The van der Waals surface area contributed by atoms with Crippen LogP contribution in [0, 0.1) is 6.92 Å². The van der Waals surface area contributed by atoms with Crippen molar-refractivity contribution in [3.05, 3.63) is 18.2 Å². The minimum absolute atomic E-state index is 0.440. The molecule has 1 fully saturated rings. The normalized spacial score (nSPS) is 24.0. The first-order valence-corrected chi connectivity index (χ1v) is 7.68. The molecule has 1 saturated carbocycles. The molecule has 2 N–H and O–H groups in total. The number of aryl methyl sites for hydroxylation is 1. The zero-order chi connectivity index (χ0) is 13.7. The van der Waals surface area contributed by atoms with E-state index in [2.05, 4.69) is 34.5 Å². The van der Waals surface area contributed by atoms with Crippen molar-refractivity contribution in [2.24, 2.45) is 5.73 Å². The molecule has 0 aromatic carbocycles. The highest BCUT2D eigenvalue weighted by Gasteiger charge is 2.23. The Morgan fingerprint density at radius 2 is 2.05 bits per heavy atom. The van der Waals surface area contributed by atoms with Gasteiger partial charge in [-0.05, 0) is 45.6 Å². The predicted molar refractivity (Wildman–Crippen MR) is 79.1 cm³/mol. The minimum Gasteiger partial charge on any atom is -0.334 e. The van der Waals surface area contributed by atoms with E-state index in [1.165, 1.54) is 38.6 Å². The van der Waals surface area contributed by atoms with E-state index in [-0.39, 0.29) is 0 Å². The molecule has 19 heavy (non-hydrogen) atoms. The molecule has 0 amide bonds. The summed E-state index contributed by atoms with van der Waals surface area (Å²) >= 11 is 0. The van der Waals surface area contributed by atoms with Crippen molar-refractivity contribution < 1.29 is 0 Å². The van der Waals surface area contributed by atoms with Crippen LogP contribution in [0.4, 0.5) is 0 Å². The van der Waals surface area contributed by atoms with E-state index in [0.717, 1.165) is 25.0 Å². The number of imidazole rings is 1. The second-order valence-corrected chi connectivity index (χ2v) is 5.77. The van der Waals surface area contributed by atoms with Gasteiger partial charge in [0, 0.05) is 37.6 Å². The number of hydrogen-bond donors (Lipinski definition) is 1. The number of nitrogens with two attached hydrogens (primary N) is 1. The third-order valence-corrected chi connectivity index (χ3v) is 4.32. The van der Waals surface area contributed by atoms with Crippen LogP contribution >= 0.6 is 0 Å². The Morgan fingerprint density at radius 1 is 1.32 bits per heavy atom. The van der Waals surface area contributed by atoms with Gasteiger partial charge in [0.1, 0.15) is 5.82 Å². The van der Waals surface area contributed by atoms with Crippen LogP contribution in [-0.2, 0) is 6.54 Å². The van der Waals surface area contributed by atoms with Crippen molar-refractivity contribution in [3.63, 3.8) is 0 Å². The fraction of sp³-hybridized carbons (Fsp3) is 0.800. The van der Waals surface area contributed by atoms with E-state index in [4.69, 9.17) is 5.73 Å². The van der Waals surface area contributed by atoms with Crippen LogP contribution in [0.5, 0.6) is 0 Å². The summed E-state index contributed by atoms with van der Waals surface area (Å²) in [7, 11) is 0. The molecular formula is C15H28N4. The summed E-state index contributed by atoms with van der Waals surface area (Å²) in [6.45, 7) is 7.72. The lowest BCUT2D eigenvalue weighted by molar-refractivity contribution is 0.144. The first kappa shape index (κ1) is 14.5. The second kappa shape index (κ2) is 7.06. The van der Waals surface area contributed by atoms with Gasteiger partial charge in [0.05, 0.1) is 0 Å². The fourth-order valence-corrected chi connectivity index (χ4v) is 3.11. The Labute approximate surface area is 117 Å². The molecule has 4 heteroatoms. The highest BCUT2D eigenvalue weighted by molar-refractivity contribution is 4.89. The lowest BCUT2D eigenvalue weighted by atomic mass is 9.90. The Hall–Kier alpha value is -0.870. The molecule has 0 saturated heterocycles. The highest BCUT2D eigenvalue weighted by atomic mass is 15.2. The van der Waals surface area contributed by atoms with Gasteiger partial charge in [0.15, 0.2) is 0 Å². The van der Waals surface area contributed by atoms with E-state index < -0.39 is 0 Å². The number of aromatic nitrogens is 2.